The van der Waals surface area contributed by atoms with Crippen molar-refractivity contribution in [2.75, 3.05) is 26.4 Å². The standard InChI is InChI=1S/C34H34NO6/c1-3-33(36)40-25-23-38-31-19-15-29(16-20-31)35(27-11-7-5-8-12-27,28-13-9-6-10-14-28)30-17-21-32(22-18-30)39-24-26-41-34(37)4-2/h3-5,7-9,11-22H,1-2,6,10,23-26H2/q+1. The number of quaternary nitrogens is 1. The first-order chi connectivity index (χ1) is 20.1. The molecular formula is C34H34NO6+. The van der Waals surface area contributed by atoms with Gasteiger partial charge in [0.05, 0.1) is 0 Å². The first-order valence-corrected chi connectivity index (χ1v) is 13.4. The fraction of sp³-hybridized carbons (Fsp3) is 0.176. The fourth-order valence-electron chi connectivity index (χ4n) is 4.65. The number of nitrogens with zero attached hydrogens (tertiary/aromatic N) is 1. The predicted molar refractivity (Wildman–Crippen MR) is 160 cm³/mol. The molecule has 3 aromatic carbocycles. The fourth-order valence-corrected chi connectivity index (χ4v) is 4.65. The van der Waals surface area contributed by atoms with Crippen LogP contribution in [0.4, 0.5) is 17.1 Å². The highest BCUT2D eigenvalue weighted by Crippen LogP contribution is 2.49. The summed E-state index contributed by atoms with van der Waals surface area (Å²) in [7, 11) is 0. The Balaban J connectivity index is 1.67. The zero-order valence-electron chi connectivity index (χ0n) is 22.9. The van der Waals surface area contributed by atoms with Crippen LogP contribution in [0, 0.1) is 0 Å². The molecule has 0 saturated heterocycles. The number of benzene rings is 3. The molecule has 0 amide bonds. The van der Waals surface area contributed by atoms with Gasteiger partial charge in [-0.25, -0.2) is 9.59 Å². The molecule has 210 valence electrons. The van der Waals surface area contributed by atoms with Gasteiger partial charge < -0.3 is 18.9 Å². The highest BCUT2D eigenvalue weighted by Gasteiger charge is 2.40. The Morgan fingerprint density at radius 2 is 1.15 bits per heavy atom. The molecule has 7 heteroatoms. The summed E-state index contributed by atoms with van der Waals surface area (Å²) >= 11 is 0. The van der Waals surface area contributed by atoms with Crippen LogP contribution in [-0.2, 0) is 19.1 Å². The second-order valence-corrected chi connectivity index (χ2v) is 9.04. The van der Waals surface area contributed by atoms with Crippen LogP contribution in [0.5, 0.6) is 11.5 Å². The molecule has 0 atom stereocenters. The number of ether oxygens (including phenoxy) is 4. The smallest absolute Gasteiger partial charge is 0.330 e. The lowest BCUT2D eigenvalue weighted by Crippen LogP contribution is -2.37. The van der Waals surface area contributed by atoms with E-state index in [1.807, 2.05) is 42.5 Å². The summed E-state index contributed by atoms with van der Waals surface area (Å²) in [5.41, 5.74) is 4.23. The maximum Gasteiger partial charge on any atom is 0.330 e. The Morgan fingerprint density at radius 3 is 1.59 bits per heavy atom. The van der Waals surface area contributed by atoms with Crippen LogP contribution in [0.1, 0.15) is 12.8 Å². The topological polar surface area (TPSA) is 71.1 Å². The largest absolute Gasteiger partial charge is 0.490 e. The van der Waals surface area contributed by atoms with Crippen molar-refractivity contribution in [2.24, 2.45) is 0 Å². The minimum atomic E-state index is -0.477. The molecule has 3 aromatic rings. The third-order valence-electron chi connectivity index (χ3n) is 6.48. The third kappa shape index (κ3) is 7.21. The normalized spacial score (nSPS) is 12.5. The van der Waals surface area contributed by atoms with E-state index < -0.39 is 11.9 Å². The van der Waals surface area contributed by atoms with Gasteiger partial charge in [0.1, 0.15) is 60.7 Å². The Kier molecular flexibility index (Phi) is 10.3. The van der Waals surface area contributed by atoms with E-state index >= 15 is 0 Å². The summed E-state index contributed by atoms with van der Waals surface area (Å²) in [4.78, 5) is 22.6. The number of esters is 2. The van der Waals surface area contributed by atoms with Gasteiger partial charge in [-0.05, 0) is 49.3 Å². The zero-order chi connectivity index (χ0) is 28.9. The van der Waals surface area contributed by atoms with Gasteiger partial charge in [0.25, 0.3) is 0 Å². The number of hydrogen-bond acceptors (Lipinski definition) is 6. The van der Waals surface area contributed by atoms with E-state index in [0.29, 0.717) is 16.0 Å². The molecular weight excluding hydrogens is 518 g/mol. The summed E-state index contributed by atoms with van der Waals surface area (Å²) in [5, 5.41) is 0. The van der Waals surface area contributed by atoms with E-state index in [1.54, 1.807) is 0 Å². The Bertz CT molecular complexity index is 1320. The molecule has 41 heavy (non-hydrogen) atoms. The van der Waals surface area contributed by atoms with Crippen LogP contribution in [0.3, 0.4) is 0 Å². The first-order valence-electron chi connectivity index (χ1n) is 13.4. The van der Waals surface area contributed by atoms with Crippen molar-refractivity contribution < 1.29 is 28.5 Å². The molecule has 0 spiro atoms. The molecule has 4 rings (SSSR count). The molecule has 0 N–H and O–H groups in total. The van der Waals surface area contributed by atoms with Gasteiger partial charge in [-0.15, -0.1) is 0 Å². The molecule has 0 aromatic heterocycles. The minimum Gasteiger partial charge on any atom is -0.490 e. The van der Waals surface area contributed by atoms with Gasteiger partial charge in [0.15, 0.2) is 0 Å². The molecule has 7 nitrogen and oxygen atoms in total. The van der Waals surface area contributed by atoms with Crippen molar-refractivity contribution in [1.82, 2.24) is 4.48 Å². The average molecular weight is 553 g/mol. The van der Waals surface area contributed by atoms with Gasteiger partial charge in [0, 0.05) is 48.6 Å². The van der Waals surface area contributed by atoms with Crippen LogP contribution < -0.4 is 14.0 Å². The van der Waals surface area contributed by atoms with Gasteiger partial charge in [-0.3, -0.25) is 0 Å². The highest BCUT2D eigenvalue weighted by molar-refractivity contribution is 5.81. The van der Waals surface area contributed by atoms with Crippen LogP contribution >= 0.6 is 0 Å². The SMILES string of the molecule is C=CC(=O)OCCOc1ccc([N+](C2=CCCC=C2)(c2ccccc2)c2ccc(OCCOC(=O)C=C)cc2)cc1. The van der Waals surface area contributed by atoms with E-state index in [2.05, 4.69) is 67.8 Å². The minimum absolute atomic E-state index is 0.138. The maximum absolute atomic E-state index is 11.3. The summed E-state index contributed by atoms with van der Waals surface area (Å²) in [6, 6.07) is 26.3. The number of para-hydroxylation sites is 1. The second kappa shape index (κ2) is 14.5. The molecule has 0 unspecified atom stereocenters. The quantitative estimate of drug-likeness (QED) is 0.0919. The Morgan fingerprint density at radius 1 is 0.659 bits per heavy atom. The van der Waals surface area contributed by atoms with Gasteiger partial charge >= 0.3 is 11.9 Å². The van der Waals surface area contributed by atoms with Crippen molar-refractivity contribution >= 4 is 29.0 Å². The number of allylic oxidation sites excluding steroid dienone is 3. The molecule has 0 saturated carbocycles. The van der Waals surface area contributed by atoms with Crippen molar-refractivity contribution in [1.29, 1.82) is 0 Å². The third-order valence-corrected chi connectivity index (χ3v) is 6.48. The van der Waals surface area contributed by atoms with E-state index in [1.165, 1.54) is 0 Å². The molecule has 0 radical (unpaired) electrons. The molecule has 0 fully saturated rings. The average Bonchev–Trinajstić information content (AvgIpc) is 3.04. The Hall–Kier alpha value is -4.88. The molecule has 0 aliphatic heterocycles. The van der Waals surface area contributed by atoms with Gasteiger partial charge in [-0.2, -0.15) is 4.48 Å². The van der Waals surface area contributed by atoms with Crippen molar-refractivity contribution in [3.05, 3.63) is 128 Å². The lowest BCUT2D eigenvalue weighted by atomic mass is 10.0. The van der Waals surface area contributed by atoms with Crippen LogP contribution in [0.2, 0.25) is 0 Å². The first kappa shape index (κ1) is 29.1. The van der Waals surface area contributed by atoms with Gasteiger partial charge in [-0.1, -0.05) is 37.4 Å². The lowest BCUT2D eigenvalue weighted by Gasteiger charge is -2.38. The molecule has 1 aliphatic carbocycles. The van der Waals surface area contributed by atoms with E-state index in [0.717, 1.165) is 47.8 Å². The van der Waals surface area contributed by atoms with Crippen molar-refractivity contribution in [3.8, 4) is 11.5 Å². The summed E-state index contributed by atoms with van der Waals surface area (Å²) in [6.45, 7) is 7.54. The van der Waals surface area contributed by atoms with Crippen molar-refractivity contribution in [2.45, 2.75) is 12.8 Å². The summed E-state index contributed by atoms with van der Waals surface area (Å²) in [5.74, 6) is 0.387. The number of rotatable bonds is 14. The van der Waals surface area contributed by atoms with Crippen LogP contribution in [0.15, 0.2) is 128 Å². The monoisotopic (exact) mass is 552 g/mol. The highest BCUT2D eigenvalue weighted by atomic mass is 16.6. The predicted octanol–water partition coefficient (Wildman–Crippen LogP) is 7.11. The molecule has 0 heterocycles. The maximum atomic E-state index is 11.3. The van der Waals surface area contributed by atoms with E-state index in [4.69, 9.17) is 18.9 Å². The second-order valence-electron chi connectivity index (χ2n) is 9.04. The molecule has 1 aliphatic rings. The lowest BCUT2D eigenvalue weighted by molar-refractivity contribution is -0.139. The summed E-state index contributed by atoms with van der Waals surface area (Å²) in [6.07, 6.45) is 10.9. The van der Waals surface area contributed by atoms with E-state index in [9.17, 15) is 9.59 Å². The van der Waals surface area contributed by atoms with Crippen LogP contribution in [-0.4, -0.2) is 38.4 Å². The zero-order valence-corrected chi connectivity index (χ0v) is 22.9. The Labute approximate surface area is 240 Å². The summed E-state index contributed by atoms with van der Waals surface area (Å²) < 4.78 is 22.0. The number of carbonyl (C=O) groups is 2. The number of hydrogen-bond donors (Lipinski definition) is 0. The molecule has 0 bridgehead atoms. The number of carbonyl (C=O) groups excluding carboxylic acids is 2. The van der Waals surface area contributed by atoms with E-state index in [-0.39, 0.29) is 26.4 Å². The van der Waals surface area contributed by atoms with Crippen molar-refractivity contribution in [3.63, 3.8) is 0 Å². The van der Waals surface area contributed by atoms with Crippen LogP contribution in [0.25, 0.3) is 0 Å². The van der Waals surface area contributed by atoms with Gasteiger partial charge in [0.2, 0.25) is 0 Å².